The molecule has 72 valence electrons. The molecule has 0 aliphatic rings. The third-order valence-electron chi connectivity index (χ3n) is 1.69. The van der Waals surface area contributed by atoms with Crippen molar-refractivity contribution in [1.29, 1.82) is 0 Å². The first-order valence-corrected chi connectivity index (χ1v) is 4.75. The highest BCUT2D eigenvalue weighted by Crippen LogP contribution is 2.00. The minimum Gasteiger partial charge on any atom is -0.633 e. The van der Waals surface area contributed by atoms with E-state index in [-0.39, 0.29) is 4.65 Å². The summed E-state index contributed by atoms with van der Waals surface area (Å²) in [5.74, 6) is 0. The first-order chi connectivity index (χ1) is 5.56. The minimum absolute atomic E-state index is 0.165. The zero-order chi connectivity index (χ0) is 9.45. The molecular weight excluding hydrogens is 150 g/mol. The molecule has 2 heteroatoms. The summed E-state index contributed by atoms with van der Waals surface area (Å²) in [6, 6.07) is 0. The third kappa shape index (κ3) is 9.66. The van der Waals surface area contributed by atoms with Gasteiger partial charge in [0.15, 0.2) is 0 Å². The van der Waals surface area contributed by atoms with Gasteiger partial charge in [-0.25, -0.2) is 0 Å². The second-order valence-electron chi connectivity index (χ2n) is 3.70. The standard InChI is InChI=1S/C10H21NO/c1-4-5-6-7-8-9-10-11(2,3)12/h6-7H,4-5,8-10H2,1-3H3/b7-6+. The summed E-state index contributed by atoms with van der Waals surface area (Å²) < 4.78 is -0.165. The van der Waals surface area contributed by atoms with Gasteiger partial charge >= 0.3 is 0 Å². The number of rotatable bonds is 6. The summed E-state index contributed by atoms with van der Waals surface area (Å²) in [5, 5.41) is 11.1. The molecule has 0 saturated carbocycles. The monoisotopic (exact) mass is 171 g/mol. The van der Waals surface area contributed by atoms with E-state index in [0.717, 1.165) is 25.8 Å². The lowest BCUT2D eigenvalue weighted by Crippen LogP contribution is -2.32. The maximum atomic E-state index is 11.1. The highest BCUT2D eigenvalue weighted by molar-refractivity contribution is 4.80. The first-order valence-electron chi connectivity index (χ1n) is 4.75. The molecule has 0 atom stereocenters. The average Bonchev–Trinajstić information content (AvgIpc) is 1.94. The number of nitrogens with zero attached hydrogens (tertiary/aromatic N) is 1. The van der Waals surface area contributed by atoms with Crippen LogP contribution in [-0.4, -0.2) is 25.3 Å². The maximum Gasteiger partial charge on any atom is 0.0782 e. The number of hydrogen-bond donors (Lipinski definition) is 0. The van der Waals surface area contributed by atoms with E-state index in [1.54, 1.807) is 14.1 Å². The van der Waals surface area contributed by atoms with Crippen molar-refractivity contribution in [2.75, 3.05) is 20.6 Å². The average molecular weight is 171 g/mol. The number of hydroxylamine groups is 3. The Morgan fingerprint density at radius 3 is 2.25 bits per heavy atom. The largest absolute Gasteiger partial charge is 0.633 e. The van der Waals surface area contributed by atoms with Gasteiger partial charge in [0.25, 0.3) is 0 Å². The van der Waals surface area contributed by atoms with Gasteiger partial charge in [-0.1, -0.05) is 25.5 Å². The smallest absolute Gasteiger partial charge is 0.0782 e. The molecule has 0 bridgehead atoms. The molecule has 0 saturated heterocycles. The molecule has 0 fully saturated rings. The van der Waals surface area contributed by atoms with Crippen LogP contribution in [0, 0.1) is 5.21 Å². The summed E-state index contributed by atoms with van der Waals surface area (Å²) in [6.07, 6.45) is 8.79. The molecule has 0 aliphatic heterocycles. The fourth-order valence-corrected chi connectivity index (χ4v) is 0.992. The van der Waals surface area contributed by atoms with Crippen molar-refractivity contribution in [3.8, 4) is 0 Å². The summed E-state index contributed by atoms with van der Waals surface area (Å²) in [6.45, 7) is 2.89. The van der Waals surface area contributed by atoms with Gasteiger partial charge in [-0.3, -0.25) is 0 Å². The Hall–Kier alpha value is -0.340. The van der Waals surface area contributed by atoms with E-state index in [0.29, 0.717) is 0 Å². The maximum absolute atomic E-state index is 11.1. The normalized spacial score (nSPS) is 12.7. The van der Waals surface area contributed by atoms with Gasteiger partial charge in [-0.15, -0.1) is 0 Å². The molecule has 2 nitrogen and oxygen atoms in total. The van der Waals surface area contributed by atoms with Crippen molar-refractivity contribution in [2.45, 2.75) is 32.6 Å². The predicted octanol–water partition coefficient (Wildman–Crippen LogP) is 2.70. The zero-order valence-corrected chi connectivity index (χ0v) is 8.55. The number of allylic oxidation sites excluding steroid dienone is 2. The van der Waals surface area contributed by atoms with Crippen LogP contribution in [0.4, 0.5) is 0 Å². The molecule has 0 N–H and O–H groups in total. The van der Waals surface area contributed by atoms with Gasteiger partial charge < -0.3 is 9.85 Å². The van der Waals surface area contributed by atoms with Crippen LogP contribution in [-0.2, 0) is 0 Å². The van der Waals surface area contributed by atoms with Crippen LogP contribution >= 0.6 is 0 Å². The van der Waals surface area contributed by atoms with Crippen LogP contribution in [0.25, 0.3) is 0 Å². The van der Waals surface area contributed by atoms with Crippen LogP contribution in [0.15, 0.2) is 12.2 Å². The van der Waals surface area contributed by atoms with E-state index in [1.165, 1.54) is 6.42 Å². The molecule has 0 rings (SSSR count). The fraction of sp³-hybridized carbons (Fsp3) is 0.800. The van der Waals surface area contributed by atoms with Crippen LogP contribution < -0.4 is 0 Å². The molecule has 0 spiro atoms. The Kier molecular flexibility index (Phi) is 6.03. The second-order valence-corrected chi connectivity index (χ2v) is 3.70. The van der Waals surface area contributed by atoms with E-state index in [4.69, 9.17) is 0 Å². The Labute approximate surface area is 76.1 Å². The van der Waals surface area contributed by atoms with Crippen LogP contribution in [0.5, 0.6) is 0 Å². The molecule has 0 aromatic carbocycles. The lowest BCUT2D eigenvalue weighted by molar-refractivity contribution is -0.840. The highest BCUT2D eigenvalue weighted by atomic mass is 16.5. The van der Waals surface area contributed by atoms with E-state index in [2.05, 4.69) is 19.1 Å². The van der Waals surface area contributed by atoms with E-state index in [1.807, 2.05) is 0 Å². The molecule has 0 radical (unpaired) electrons. The molecule has 0 heterocycles. The minimum atomic E-state index is -0.165. The Bertz CT molecular complexity index is 124. The zero-order valence-electron chi connectivity index (χ0n) is 8.55. The van der Waals surface area contributed by atoms with Crippen LogP contribution in [0.3, 0.4) is 0 Å². The molecule has 0 aromatic heterocycles. The molecular formula is C10H21NO. The van der Waals surface area contributed by atoms with Gasteiger partial charge in [-0.05, 0) is 12.8 Å². The van der Waals surface area contributed by atoms with Crippen molar-refractivity contribution in [2.24, 2.45) is 0 Å². The number of hydrogen-bond acceptors (Lipinski definition) is 1. The van der Waals surface area contributed by atoms with Crippen molar-refractivity contribution >= 4 is 0 Å². The van der Waals surface area contributed by atoms with Crippen molar-refractivity contribution in [3.63, 3.8) is 0 Å². The molecule has 12 heavy (non-hydrogen) atoms. The van der Waals surface area contributed by atoms with Crippen molar-refractivity contribution in [1.82, 2.24) is 0 Å². The Morgan fingerprint density at radius 1 is 1.17 bits per heavy atom. The highest BCUT2D eigenvalue weighted by Gasteiger charge is 1.98. The Balaban J connectivity index is 3.21. The number of quaternary nitrogens is 1. The lowest BCUT2D eigenvalue weighted by atomic mass is 10.2. The summed E-state index contributed by atoms with van der Waals surface area (Å²) in [5.41, 5.74) is 0. The van der Waals surface area contributed by atoms with Crippen molar-refractivity contribution in [3.05, 3.63) is 17.4 Å². The van der Waals surface area contributed by atoms with Gasteiger partial charge in [0.2, 0.25) is 0 Å². The quantitative estimate of drug-likeness (QED) is 0.261. The van der Waals surface area contributed by atoms with Crippen LogP contribution in [0.2, 0.25) is 0 Å². The summed E-state index contributed by atoms with van der Waals surface area (Å²) >= 11 is 0. The van der Waals surface area contributed by atoms with Gasteiger partial charge in [0.1, 0.15) is 0 Å². The van der Waals surface area contributed by atoms with E-state index in [9.17, 15) is 5.21 Å². The van der Waals surface area contributed by atoms with E-state index >= 15 is 0 Å². The Morgan fingerprint density at radius 2 is 1.75 bits per heavy atom. The molecule has 0 amide bonds. The predicted molar refractivity (Wildman–Crippen MR) is 53.6 cm³/mol. The topological polar surface area (TPSA) is 23.1 Å². The lowest BCUT2D eigenvalue weighted by Gasteiger charge is -2.33. The van der Waals surface area contributed by atoms with Crippen molar-refractivity contribution < 1.29 is 4.65 Å². The second kappa shape index (κ2) is 6.21. The van der Waals surface area contributed by atoms with Gasteiger partial charge in [0, 0.05) is 6.42 Å². The van der Waals surface area contributed by atoms with Gasteiger partial charge in [0.05, 0.1) is 20.6 Å². The first kappa shape index (κ1) is 11.7. The summed E-state index contributed by atoms with van der Waals surface area (Å²) in [7, 11) is 3.38. The third-order valence-corrected chi connectivity index (χ3v) is 1.69. The SMILES string of the molecule is CCC/C=C/CCC[N+](C)(C)[O-]. The van der Waals surface area contributed by atoms with E-state index < -0.39 is 0 Å². The fourth-order valence-electron chi connectivity index (χ4n) is 0.992. The molecule has 0 unspecified atom stereocenters. The summed E-state index contributed by atoms with van der Waals surface area (Å²) in [4.78, 5) is 0. The number of unbranched alkanes of at least 4 members (excludes halogenated alkanes) is 2. The van der Waals surface area contributed by atoms with Crippen LogP contribution in [0.1, 0.15) is 32.6 Å². The molecule has 0 aliphatic carbocycles. The molecule has 0 aromatic rings. The van der Waals surface area contributed by atoms with Gasteiger partial charge in [-0.2, -0.15) is 0 Å².